The topological polar surface area (TPSA) is 45.4 Å². The molecule has 1 saturated heterocycles. The molecule has 0 spiro atoms. The molecule has 1 fully saturated rings. The molecule has 2 aromatic carbocycles. The predicted octanol–water partition coefficient (Wildman–Crippen LogP) is 3.99. The fourth-order valence-electron chi connectivity index (χ4n) is 3.24. The van der Waals surface area contributed by atoms with E-state index in [-0.39, 0.29) is 11.6 Å². The van der Waals surface area contributed by atoms with Gasteiger partial charge in [-0.05, 0) is 36.4 Å². The summed E-state index contributed by atoms with van der Waals surface area (Å²) in [5.41, 5.74) is 1.25. The first-order chi connectivity index (χ1) is 13.6. The van der Waals surface area contributed by atoms with E-state index in [1.165, 1.54) is 18.2 Å². The minimum absolute atomic E-state index is 0.269. The molecule has 3 aromatic rings. The van der Waals surface area contributed by atoms with Gasteiger partial charge in [-0.1, -0.05) is 22.8 Å². The fourth-order valence-corrected chi connectivity index (χ4v) is 3.46. The highest BCUT2D eigenvalue weighted by Crippen LogP contribution is 2.22. The van der Waals surface area contributed by atoms with E-state index in [4.69, 9.17) is 16.1 Å². The maximum atomic E-state index is 14.0. The Kier molecular flexibility index (Phi) is 5.66. The van der Waals surface area contributed by atoms with Gasteiger partial charge in [0, 0.05) is 48.9 Å². The predicted molar refractivity (Wildman–Crippen MR) is 102 cm³/mol. The van der Waals surface area contributed by atoms with Gasteiger partial charge in [-0.3, -0.25) is 9.80 Å². The molecular weight excluding hydrogens is 386 g/mol. The molecule has 0 bridgehead atoms. The average molecular weight is 405 g/mol. The third kappa shape index (κ3) is 4.38. The zero-order chi connectivity index (χ0) is 19.5. The molecule has 8 heteroatoms. The average Bonchev–Trinajstić information content (AvgIpc) is 3.15. The quantitative estimate of drug-likeness (QED) is 0.643. The van der Waals surface area contributed by atoms with Crippen LogP contribution in [0.2, 0.25) is 5.02 Å². The lowest BCUT2D eigenvalue weighted by Crippen LogP contribution is -2.45. The van der Waals surface area contributed by atoms with Crippen molar-refractivity contribution in [1.82, 2.24) is 19.9 Å². The van der Waals surface area contributed by atoms with E-state index >= 15 is 0 Å². The lowest BCUT2D eigenvalue weighted by Gasteiger charge is -2.34. The van der Waals surface area contributed by atoms with E-state index in [0.717, 1.165) is 26.2 Å². The van der Waals surface area contributed by atoms with Crippen molar-refractivity contribution in [3.8, 4) is 11.4 Å². The molecule has 0 amide bonds. The van der Waals surface area contributed by atoms with Crippen LogP contribution in [0.3, 0.4) is 0 Å². The van der Waals surface area contributed by atoms with Gasteiger partial charge in [0.25, 0.3) is 0 Å². The minimum Gasteiger partial charge on any atom is -0.338 e. The SMILES string of the molecule is Fc1ccc(-c2noc(CN3CCN(Cc4c(F)cccc4Cl)CC3)n2)cc1. The van der Waals surface area contributed by atoms with Gasteiger partial charge in [0.2, 0.25) is 11.7 Å². The van der Waals surface area contributed by atoms with Crippen molar-refractivity contribution in [2.24, 2.45) is 0 Å². The molecule has 1 aromatic heterocycles. The summed E-state index contributed by atoms with van der Waals surface area (Å²) in [6.07, 6.45) is 0. The highest BCUT2D eigenvalue weighted by molar-refractivity contribution is 6.31. The maximum absolute atomic E-state index is 14.0. The molecule has 1 aliphatic heterocycles. The summed E-state index contributed by atoms with van der Waals surface area (Å²) in [6.45, 7) is 4.24. The number of benzene rings is 2. The van der Waals surface area contributed by atoms with E-state index in [0.29, 0.717) is 41.0 Å². The maximum Gasteiger partial charge on any atom is 0.241 e. The standard InChI is InChI=1S/C20H19ClF2N4O/c21-17-2-1-3-18(23)16(17)12-26-8-10-27(11-9-26)13-19-24-20(25-28-19)14-4-6-15(22)7-5-14/h1-7H,8-13H2. The number of nitrogens with zero attached hydrogens (tertiary/aromatic N) is 4. The number of rotatable bonds is 5. The first-order valence-electron chi connectivity index (χ1n) is 9.04. The second kappa shape index (κ2) is 8.34. The molecule has 1 aliphatic rings. The molecule has 0 atom stereocenters. The van der Waals surface area contributed by atoms with Crippen molar-refractivity contribution in [2.75, 3.05) is 26.2 Å². The van der Waals surface area contributed by atoms with Gasteiger partial charge in [-0.2, -0.15) is 4.98 Å². The first kappa shape index (κ1) is 19.0. The summed E-state index contributed by atoms with van der Waals surface area (Å²) >= 11 is 6.12. The van der Waals surface area contributed by atoms with Gasteiger partial charge < -0.3 is 4.52 Å². The Bertz CT molecular complexity index is 919. The van der Waals surface area contributed by atoms with Crippen LogP contribution in [0.25, 0.3) is 11.4 Å². The van der Waals surface area contributed by atoms with E-state index in [2.05, 4.69) is 19.9 Å². The molecule has 2 heterocycles. The van der Waals surface area contributed by atoms with Crippen LogP contribution in [0.1, 0.15) is 11.5 Å². The smallest absolute Gasteiger partial charge is 0.241 e. The molecule has 0 aliphatic carbocycles. The molecule has 146 valence electrons. The van der Waals surface area contributed by atoms with Crippen LogP contribution in [0.4, 0.5) is 8.78 Å². The molecular formula is C20H19ClF2N4O. The van der Waals surface area contributed by atoms with E-state index in [9.17, 15) is 8.78 Å². The molecule has 0 saturated carbocycles. The molecule has 0 N–H and O–H groups in total. The molecule has 0 unspecified atom stereocenters. The number of halogens is 3. The van der Waals surface area contributed by atoms with Crippen LogP contribution in [0.5, 0.6) is 0 Å². The number of hydrogen-bond acceptors (Lipinski definition) is 5. The zero-order valence-corrected chi connectivity index (χ0v) is 15.9. The van der Waals surface area contributed by atoms with Gasteiger partial charge in [-0.25, -0.2) is 8.78 Å². The van der Waals surface area contributed by atoms with Crippen LogP contribution in [-0.4, -0.2) is 46.1 Å². The zero-order valence-electron chi connectivity index (χ0n) is 15.1. The molecule has 28 heavy (non-hydrogen) atoms. The second-order valence-electron chi connectivity index (χ2n) is 6.77. The van der Waals surface area contributed by atoms with Crippen molar-refractivity contribution >= 4 is 11.6 Å². The van der Waals surface area contributed by atoms with E-state index in [1.54, 1.807) is 24.3 Å². The van der Waals surface area contributed by atoms with Crippen molar-refractivity contribution in [3.63, 3.8) is 0 Å². The third-order valence-corrected chi connectivity index (χ3v) is 5.19. The first-order valence-corrected chi connectivity index (χ1v) is 9.42. The van der Waals surface area contributed by atoms with Crippen LogP contribution in [-0.2, 0) is 13.1 Å². The summed E-state index contributed by atoms with van der Waals surface area (Å²) in [6, 6.07) is 10.7. The lowest BCUT2D eigenvalue weighted by atomic mass is 10.2. The van der Waals surface area contributed by atoms with Crippen molar-refractivity contribution in [3.05, 3.63) is 70.6 Å². The highest BCUT2D eigenvalue weighted by atomic mass is 35.5. The van der Waals surface area contributed by atoms with E-state index in [1.807, 2.05) is 0 Å². The Hall–Kier alpha value is -2.35. The fraction of sp³-hybridized carbons (Fsp3) is 0.300. The Labute approximate surface area is 166 Å². The van der Waals surface area contributed by atoms with Crippen LogP contribution in [0, 0.1) is 11.6 Å². The summed E-state index contributed by atoms with van der Waals surface area (Å²) in [4.78, 5) is 8.78. The molecule has 5 nitrogen and oxygen atoms in total. The summed E-state index contributed by atoms with van der Waals surface area (Å²) in [5, 5.41) is 4.43. The Morgan fingerprint density at radius 2 is 1.61 bits per heavy atom. The van der Waals surface area contributed by atoms with Crippen LogP contribution >= 0.6 is 11.6 Å². The van der Waals surface area contributed by atoms with Gasteiger partial charge in [0.05, 0.1) is 6.54 Å². The van der Waals surface area contributed by atoms with Gasteiger partial charge in [-0.15, -0.1) is 0 Å². The largest absolute Gasteiger partial charge is 0.338 e. The summed E-state index contributed by atoms with van der Waals surface area (Å²) < 4.78 is 32.3. The number of aromatic nitrogens is 2. The van der Waals surface area contributed by atoms with Crippen molar-refractivity contribution in [1.29, 1.82) is 0 Å². The van der Waals surface area contributed by atoms with E-state index < -0.39 is 0 Å². The van der Waals surface area contributed by atoms with Gasteiger partial charge in [0.15, 0.2) is 0 Å². The number of hydrogen-bond donors (Lipinski definition) is 0. The van der Waals surface area contributed by atoms with Crippen LogP contribution in [0.15, 0.2) is 47.0 Å². The molecule has 0 radical (unpaired) electrons. The summed E-state index contributed by atoms with van der Waals surface area (Å²) in [7, 11) is 0. The van der Waals surface area contributed by atoms with Crippen LogP contribution < -0.4 is 0 Å². The van der Waals surface area contributed by atoms with Gasteiger partial charge >= 0.3 is 0 Å². The number of piperazine rings is 1. The Balaban J connectivity index is 1.32. The monoisotopic (exact) mass is 404 g/mol. The second-order valence-corrected chi connectivity index (χ2v) is 7.18. The summed E-state index contributed by atoms with van der Waals surface area (Å²) in [5.74, 6) is 0.392. The molecule has 4 rings (SSSR count). The normalized spacial score (nSPS) is 15.8. The van der Waals surface area contributed by atoms with Gasteiger partial charge in [0.1, 0.15) is 11.6 Å². The van der Waals surface area contributed by atoms with Crippen molar-refractivity contribution in [2.45, 2.75) is 13.1 Å². The lowest BCUT2D eigenvalue weighted by molar-refractivity contribution is 0.111. The third-order valence-electron chi connectivity index (χ3n) is 4.84. The Morgan fingerprint density at radius 1 is 0.929 bits per heavy atom. The minimum atomic E-state index is -0.304. The van der Waals surface area contributed by atoms with Crippen molar-refractivity contribution < 1.29 is 13.3 Å². The highest BCUT2D eigenvalue weighted by Gasteiger charge is 2.21. The Morgan fingerprint density at radius 3 is 2.29 bits per heavy atom.